The molecule has 0 spiro atoms. The van der Waals surface area contributed by atoms with E-state index in [4.69, 9.17) is 9.47 Å². The Morgan fingerprint density at radius 1 is 1.40 bits per heavy atom. The Balaban J connectivity index is 1.61. The fourth-order valence-corrected chi connectivity index (χ4v) is 2.60. The zero-order valence-electron chi connectivity index (χ0n) is 13.7. The van der Waals surface area contributed by atoms with E-state index < -0.39 is 5.60 Å². The molecular formula is C17H20FN3O4. The summed E-state index contributed by atoms with van der Waals surface area (Å²) in [6.45, 7) is 0.906. The first-order valence-electron chi connectivity index (χ1n) is 7.98. The lowest BCUT2D eigenvalue weighted by atomic mass is 10.1. The van der Waals surface area contributed by atoms with Crippen LogP contribution in [-0.2, 0) is 16.1 Å². The van der Waals surface area contributed by atoms with Crippen LogP contribution < -0.4 is 4.74 Å². The standard InChI is InChI=1S/C17H20FN3O4/c18-14-2-4-15(5-3-14)25-13-17(23)11-20(8-9-24-12-17)16(22)10-21-7-1-6-19-21/h1-7,23H,8-13H2. The van der Waals surface area contributed by atoms with Crippen molar-refractivity contribution in [2.75, 3.05) is 32.9 Å². The van der Waals surface area contributed by atoms with Gasteiger partial charge in [-0.3, -0.25) is 9.48 Å². The first-order valence-corrected chi connectivity index (χ1v) is 7.98. The number of rotatable bonds is 5. The average molecular weight is 349 g/mol. The van der Waals surface area contributed by atoms with Crippen LogP contribution in [0.3, 0.4) is 0 Å². The summed E-state index contributed by atoms with van der Waals surface area (Å²) in [5.74, 6) is -0.0813. The Hall–Kier alpha value is -2.45. The van der Waals surface area contributed by atoms with Crippen LogP contribution in [0.25, 0.3) is 0 Å². The van der Waals surface area contributed by atoms with Gasteiger partial charge in [0.25, 0.3) is 0 Å². The maximum Gasteiger partial charge on any atom is 0.244 e. The molecule has 1 aliphatic rings. The van der Waals surface area contributed by atoms with Crippen molar-refractivity contribution in [1.82, 2.24) is 14.7 Å². The van der Waals surface area contributed by atoms with E-state index in [9.17, 15) is 14.3 Å². The lowest BCUT2D eigenvalue weighted by Crippen LogP contribution is -2.50. The number of halogens is 1. The highest BCUT2D eigenvalue weighted by Gasteiger charge is 2.35. The molecule has 2 aromatic rings. The van der Waals surface area contributed by atoms with Gasteiger partial charge in [-0.15, -0.1) is 0 Å². The van der Waals surface area contributed by atoms with E-state index in [-0.39, 0.29) is 38.0 Å². The van der Waals surface area contributed by atoms with Crippen molar-refractivity contribution in [3.8, 4) is 5.75 Å². The van der Waals surface area contributed by atoms with Crippen molar-refractivity contribution in [3.05, 3.63) is 48.5 Å². The first kappa shape index (κ1) is 17.4. The molecule has 1 aromatic heterocycles. The Morgan fingerprint density at radius 2 is 2.20 bits per heavy atom. The van der Waals surface area contributed by atoms with Crippen molar-refractivity contribution < 1.29 is 23.8 Å². The Morgan fingerprint density at radius 3 is 2.92 bits per heavy atom. The monoisotopic (exact) mass is 349 g/mol. The van der Waals surface area contributed by atoms with Crippen LogP contribution in [0.15, 0.2) is 42.7 Å². The normalized spacial score (nSPS) is 21.0. The molecule has 1 unspecified atom stereocenters. The molecule has 1 saturated heterocycles. The van der Waals surface area contributed by atoms with E-state index in [1.165, 1.54) is 28.9 Å². The molecule has 134 valence electrons. The van der Waals surface area contributed by atoms with Crippen molar-refractivity contribution in [2.45, 2.75) is 12.1 Å². The van der Waals surface area contributed by atoms with Gasteiger partial charge in [0.2, 0.25) is 5.91 Å². The second-order valence-electron chi connectivity index (χ2n) is 6.04. The average Bonchev–Trinajstić information content (AvgIpc) is 3.02. The second-order valence-corrected chi connectivity index (χ2v) is 6.04. The van der Waals surface area contributed by atoms with Gasteiger partial charge >= 0.3 is 0 Å². The minimum atomic E-state index is -1.34. The number of β-amino-alcohol motifs (C(OH)–C–C–N with tert-alkyl or cyclic N) is 1. The molecule has 25 heavy (non-hydrogen) atoms. The number of aliphatic hydroxyl groups is 1. The molecule has 1 aliphatic heterocycles. The van der Waals surface area contributed by atoms with E-state index in [0.717, 1.165) is 0 Å². The smallest absolute Gasteiger partial charge is 0.244 e. The molecule has 2 heterocycles. The number of nitrogens with zero attached hydrogens (tertiary/aromatic N) is 3. The minimum absolute atomic E-state index is 0.0553. The van der Waals surface area contributed by atoms with Gasteiger partial charge in [0.1, 0.15) is 30.3 Å². The molecule has 1 amide bonds. The highest BCUT2D eigenvalue weighted by Crippen LogP contribution is 2.17. The fourth-order valence-electron chi connectivity index (χ4n) is 2.60. The molecule has 8 heteroatoms. The van der Waals surface area contributed by atoms with Crippen LogP contribution >= 0.6 is 0 Å². The molecule has 0 radical (unpaired) electrons. The molecular weight excluding hydrogens is 329 g/mol. The summed E-state index contributed by atoms with van der Waals surface area (Å²) in [6.07, 6.45) is 3.31. The summed E-state index contributed by atoms with van der Waals surface area (Å²) < 4.78 is 25.4. The largest absolute Gasteiger partial charge is 0.490 e. The maximum absolute atomic E-state index is 12.9. The molecule has 1 atom stereocenters. The highest BCUT2D eigenvalue weighted by atomic mass is 19.1. The van der Waals surface area contributed by atoms with Gasteiger partial charge in [-0.2, -0.15) is 5.10 Å². The molecule has 7 nitrogen and oxygen atoms in total. The van der Waals surface area contributed by atoms with Crippen LogP contribution in [0.4, 0.5) is 4.39 Å². The Kier molecular flexibility index (Phi) is 5.30. The van der Waals surface area contributed by atoms with E-state index in [0.29, 0.717) is 18.9 Å². The second kappa shape index (κ2) is 7.62. The van der Waals surface area contributed by atoms with E-state index >= 15 is 0 Å². The molecule has 1 N–H and O–H groups in total. The highest BCUT2D eigenvalue weighted by molar-refractivity contribution is 5.76. The van der Waals surface area contributed by atoms with Crippen LogP contribution in [0.1, 0.15) is 0 Å². The van der Waals surface area contributed by atoms with Crippen LogP contribution in [-0.4, -0.2) is 64.2 Å². The topological polar surface area (TPSA) is 76.8 Å². The summed E-state index contributed by atoms with van der Waals surface area (Å²) in [4.78, 5) is 14.0. The first-order chi connectivity index (χ1) is 12.0. The predicted molar refractivity (Wildman–Crippen MR) is 86.5 cm³/mol. The number of carbonyl (C=O) groups excluding carboxylic acids is 1. The van der Waals surface area contributed by atoms with Crippen molar-refractivity contribution in [1.29, 1.82) is 0 Å². The molecule has 1 aromatic carbocycles. The van der Waals surface area contributed by atoms with Gasteiger partial charge in [-0.05, 0) is 30.3 Å². The fraction of sp³-hybridized carbons (Fsp3) is 0.412. The van der Waals surface area contributed by atoms with Crippen molar-refractivity contribution in [2.24, 2.45) is 0 Å². The van der Waals surface area contributed by atoms with Gasteiger partial charge in [0, 0.05) is 18.9 Å². The number of hydrogen-bond acceptors (Lipinski definition) is 5. The van der Waals surface area contributed by atoms with Gasteiger partial charge in [0.05, 0.1) is 19.8 Å². The van der Waals surface area contributed by atoms with Crippen LogP contribution in [0.2, 0.25) is 0 Å². The number of hydrogen-bond donors (Lipinski definition) is 1. The third kappa shape index (κ3) is 4.77. The molecule has 3 rings (SSSR count). The van der Waals surface area contributed by atoms with Gasteiger partial charge in [0.15, 0.2) is 0 Å². The number of benzene rings is 1. The molecule has 0 bridgehead atoms. The van der Waals surface area contributed by atoms with E-state index in [2.05, 4.69) is 5.10 Å². The minimum Gasteiger partial charge on any atom is -0.490 e. The Labute approximate surface area is 144 Å². The van der Waals surface area contributed by atoms with E-state index in [1.54, 1.807) is 23.4 Å². The summed E-state index contributed by atoms with van der Waals surface area (Å²) >= 11 is 0. The predicted octanol–water partition coefficient (Wildman–Crippen LogP) is 0.691. The summed E-state index contributed by atoms with van der Waals surface area (Å²) in [5.41, 5.74) is -1.34. The van der Waals surface area contributed by atoms with E-state index in [1.807, 2.05) is 0 Å². The van der Waals surface area contributed by atoms with Crippen LogP contribution in [0.5, 0.6) is 5.75 Å². The maximum atomic E-state index is 12.9. The summed E-state index contributed by atoms with van der Waals surface area (Å²) in [7, 11) is 0. The SMILES string of the molecule is O=C(Cn1cccn1)N1CCOCC(O)(COc2ccc(F)cc2)C1. The number of aromatic nitrogens is 2. The number of carbonyl (C=O) groups is 1. The van der Waals surface area contributed by atoms with Crippen LogP contribution in [0, 0.1) is 5.82 Å². The lowest BCUT2D eigenvalue weighted by molar-refractivity contribution is -0.135. The molecule has 0 saturated carbocycles. The number of ether oxygens (including phenoxy) is 2. The van der Waals surface area contributed by atoms with Crippen molar-refractivity contribution in [3.63, 3.8) is 0 Å². The van der Waals surface area contributed by atoms with Gasteiger partial charge < -0.3 is 19.5 Å². The third-order valence-electron chi connectivity index (χ3n) is 3.89. The Bertz CT molecular complexity index is 692. The zero-order valence-corrected chi connectivity index (χ0v) is 13.7. The molecule has 1 fully saturated rings. The summed E-state index contributed by atoms with van der Waals surface area (Å²) in [5, 5.41) is 14.8. The summed E-state index contributed by atoms with van der Waals surface area (Å²) in [6, 6.07) is 7.27. The zero-order chi connectivity index (χ0) is 17.7. The van der Waals surface area contributed by atoms with Crippen molar-refractivity contribution >= 4 is 5.91 Å². The third-order valence-corrected chi connectivity index (χ3v) is 3.89. The quantitative estimate of drug-likeness (QED) is 0.860. The molecule has 0 aliphatic carbocycles. The van der Waals surface area contributed by atoms with Gasteiger partial charge in [-0.1, -0.05) is 0 Å². The van der Waals surface area contributed by atoms with Gasteiger partial charge in [-0.25, -0.2) is 4.39 Å². The lowest BCUT2D eigenvalue weighted by Gasteiger charge is -2.30. The number of amides is 1.